The number of nitrogens with one attached hydrogen (secondary N) is 1. The minimum atomic E-state index is -1.08. The quantitative estimate of drug-likeness (QED) is 0.611. The molecule has 0 saturated heterocycles. The molecule has 1 heterocycles. The largest absolute Gasteiger partial charge is 0.478 e. The lowest BCUT2D eigenvalue weighted by Crippen LogP contribution is -2.16. The first-order chi connectivity index (χ1) is 11.7. The van der Waals surface area contributed by atoms with Crippen molar-refractivity contribution in [1.29, 1.82) is 0 Å². The molecule has 0 aliphatic heterocycles. The number of carbonyl (C=O) groups excluding carboxylic acids is 1. The highest BCUT2D eigenvalue weighted by atomic mass is 16.6. The number of hydrogen-bond donors (Lipinski definition) is 2. The summed E-state index contributed by atoms with van der Waals surface area (Å²) in [5.41, 5.74) is 1.87. The van der Waals surface area contributed by atoms with Crippen LogP contribution in [0.15, 0.2) is 18.2 Å². The molecule has 0 spiro atoms. The van der Waals surface area contributed by atoms with E-state index >= 15 is 0 Å². The Hall–Kier alpha value is -3.23. The van der Waals surface area contributed by atoms with Crippen LogP contribution >= 0.6 is 0 Å². The first-order valence-electron chi connectivity index (χ1n) is 7.53. The van der Waals surface area contributed by atoms with Gasteiger partial charge in [-0.2, -0.15) is 5.10 Å². The topological polar surface area (TPSA) is 127 Å². The second kappa shape index (κ2) is 7.12. The summed E-state index contributed by atoms with van der Waals surface area (Å²) in [6.07, 6.45) is 0.0514. The first-order valence-corrected chi connectivity index (χ1v) is 7.53. The number of carbonyl (C=O) groups is 2. The van der Waals surface area contributed by atoms with Crippen molar-refractivity contribution in [2.24, 2.45) is 0 Å². The van der Waals surface area contributed by atoms with E-state index in [1.807, 2.05) is 0 Å². The van der Waals surface area contributed by atoms with Gasteiger partial charge >= 0.3 is 11.7 Å². The molecule has 0 aliphatic rings. The predicted molar refractivity (Wildman–Crippen MR) is 89.7 cm³/mol. The summed E-state index contributed by atoms with van der Waals surface area (Å²) in [4.78, 5) is 33.6. The number of carboxylic acid groups (broad SMARTS) is 1. The molecule has 9 nitrogen and oxygen atoms in total. The van der Waals surface area contributed by atoms with Crippen LogP contribution in [0.1, 0.15) is 33.7 Å². The normalized spacial score (nSPS) is 10.5. The van der Waals surface area contributed by atoms with Gasteiger partial charge in [-0.1, -0.05) is 6.07 Å². The summed E-state index contributed by atoms with van der Waals surface area (Å²) in [5.74, 6) is -1.41. The van der Waals surface area contributed by atoms with E-state index in [1.54, 1.807) is 26.8 Å². The van der Waals surface area contributed by atoms with Gasteiger partial charge in [0.25, 0.3) is 0 Å². The molecule has 9 heteroatoms. The summed E-state index contributed by atoms with van der Waals surface area (Å²) in [7, 11) is 0. The SMILES string of the molecule is Cc1ccc(C(=O)O)cc1NC(=O)CCn1nc(C)c([N+](=O)[O-])c1C. The van der Waals surface area contributed by atoms with E-state index < -0.39 is 10.9 Å². The van der Waals surface area contributed by atoms with E-state index in [2.05, 4.69) is 10.4 Å². The maximum atomic E-state index is 12.1. The number of hydrogen-bond acceptors (Lipinski definition) is 5. The summed E-state index contributed by atoms with van der Waals surface area (Å²) in [6, 6.07) is 4.47. The van der Waals surface area contributed by atoms with Crippen LogP contribution in [0, 0.1) is 30.9 Å². The molecule has 0 fully saturated rings. The number of rotatable bonds is 6. The number of anilines is 1. The standard InChI is InChI=1S/C16H18N4O5/c1-9-4-5-12(16(22)23)8-13(9)17-14(21)6-7-19-11(3)15(20(24)25)10(2)18-19/h4-5,8H,6-7H2,1-3H3,(H,17,21)(H,22,23). The Morgan fingerprint density at radius 1 is 1.32 bits per heavy atom. The summed E-state index contributed by atoms with van der Waals surface area (Å²) in [5, 5.41) is 26.7. The zero-order valence-corrected chi connectivity index (χ0v) is 14.1. The molecule has 0 radical (unpaired) electrons. The third-order valence-electron chi connectivity index (χ3n) is 3.84. The van der Waals surface area contributed by atoms with Gasteiger partial charge in [0.1, 0.15) is 11.4 Å². The molecule has 2 N–H and O–H groups in total. The predicted octanol–water partition coefficient (Wildman–Crippen LogP) is 2.44. The fourth-order valence-corrected chi connectivity index (χ4v) is 2.48. The van der Waals surface area contributed by atoms with Crippen molar-refractivity contribution >= 4 is 23.3 Å². The van der Waals surface area contributed by atoms with E-state index in [0.717, 1.165) is 5.56 Å². The molecule has 0 atom stereocenters. The zero-order chi connectivity index (χ0) is 18.7. The highest BCUT2D eigenvalue weighted by Gasteiger charge is 2.21. The van der Waals surface area contributed by atoms with Gasteiger partial charge in [0.2, 0.25) is 5.91 Å². The van der Waals surface area contributed by atoms with Gasteiger partial charge < -0.3 is 10.4 Å². The Labute approximate surface area is 143 Å². The molecular weight excluding hydrogens is 328 g/mol. The summed E-state index contributed by atoms with van der Waals surface area (Å²) in [6.45, 7) is 5.06. The molecule has 0 saturated carbocycles. The van der Waals surface area contributed by atoms with Crippen molar-refractivity contribution in [3.8, 4) is 0 Å². The van der Waals surface area contributed by atoms with Crippen molar-refractivity contribution in [2.75, 3.05) is 5.32 Å². The number of aromatic nitrogens is 2. The molecule has 0 aliphatic carbocycles. The van der Waals surface area contributed by atoms with E-state index in [-0.39, 0.29) is 30.1 Å². The number of nitro groups is 1. The number of aromatic carboxylic acids is 1. The van der Waals surface area contributed by atoms with Gasteiger partial charge in [-0.3, -0.25) is 19.6 Å². The lowest BCUT2D eigenvalue weighted by Gasteiger charge is -2.10. The van der Waals surface area contributed by atoms with E-state index in [9.17, 15) is 19.7 Å². The highest BCUT2D eigenvalue weighted by molar-refractivity contribution is 5.94. The van der Waals surface area contributed by atoms with Crippen LogP contribution in [0.3, 0.4) is 0 Å². The average Bonchev–Trinajstić information content (AvgIpc) is 2.81. The molecule has 1 aromatic heterocycles. The highest BCUT2D eigenvalue weighted by Crippen LogP contribution is 2.22. The molecule has 132 valence electrons. The third-order valence-corrected chi connectivity index (χ3v) is 3.84. The summed E-state index contributed by atoms with van der Waals surface area (Å²) < 4.78 is 1.42. The Bertz CT molecular complexity index is 856. The number of nitrogens with zero attached hydrogens (tertiary/aromatic N) is 3. The Balaban J connectivity index is 2.07. The van der Waals surface area contributed by atoms with Crippen LogP contribution in [0.25, 0.3) is 0 Å². The smallest absolute Gasteiger partial charge is 0.335 e. The molecule has 0 bridgehead atoms. The van der Waals surface area contributed by atoms with Gasteiger partial charge in [-0.15, -0.1) is 0 Å². The Morgan fingerprint density at radius 2 is 2.00 bits per heavy atom. The molecule has 0 unspecified atom stereocenters. The van der Waals surface area contributed by atoms with E-state index in [4.69, 9.17) is 5.11 Å². The molecule has 2 aromatic rings. The van der Waals surface area contributed by atoms with Gasteiger partial charge in [0.05, 0.1) is 17.0 Å². The third kappa shape index (κ3) is 4.00. The van der Waals surface area contributed by atoms with Crippen molar-refractivity contribution in [2.45, 2.75) is 33.7 Å². The second-order valence-corrected chi connectivity index (χ2v) is 5.63. The Kier molecular flexibility index (Phi) is 5.16. The minimum Gasteiger partial charge on any atom is -0.478 e. The van der Waals surface area contributed by atoms with Crippen LogP contribution in [-0.2, 0) is 11.3 Å². The van der Waals surface area contributed by atoms with Crippen molar-refractivity contribution in [3.63, 3.8) is 0 Å². The van der Waals surface area contributed by atoms with E-state index in [0.29, 0.717) is 17.1 Å². The number of amides is 1. The molecule has 2 rings (SSSR count). The monoisotopic (exact) mass is 346 g/mol. The van der Waals surface area contributed by atoms with Crippen molar-refractivity contribution in [1.82, 2.24) is 9.78 Å². The number of carboxylic acids is 1. The van der Waals surface area contributed by atoms with Crippen LogP contribution in [-0.4, -0.2) is 31.7 Å². The maximum Gasteiger partial charge on any atom is 0.335 e. The lowest BCUT2D eigenvalue weighted by atomic mass is 10.1. The maximum absolute atomic E-state index is 12.1. The van der Waals surface area contributed by atoms with Crippen molar-refractivity contribution in [3.05, 3.63) is 50.8 Å². The van der Waals surface area contributed by atoms with Gasteiger partial charge in [0, 0.05) is 12.1 Å². The zero-order valence-electron chi connectivity index (χ0n) is 14.1. The van der Waals surface area contributed by atoms with Crippen LogP contribution < -0.4 is 5.32 Å². The van der Waals surface area contributed by atoms with Gasteiger partial charge in [-0.25, -0.2) is 4.79 Å². The molecule has 1 aromatic carbocycles. The molecular formula is C16H18N4O5. The van der Waals surface area contributed by atoms with Gasteiger partial charge in [-0.05, 0) is 38.5 Å². The van der Waals surface area contributed by atoms with Crippen LogP contribution in [0.5, 0.6) is 0 Å². The first kappa shape index (κ1) is 18.1. The molecule has 1 amide bonds. The average molecular weight is 346 g/mol. The molecule has 25 heavy (non-hydrogen) atoms. The second-order valence-electron chi connectivity index (χ2n) is 5.63. The minimum absolute atomic E-state index is 0.0505. The van der Waals surface area contributed by atoms with Crippen molar-refractivity contribution < 1.29 is 19.6 Å². The van der Waals surface area contributed by atoms with Crippen LogP contribution in [0.2, 0.25) is 0 Å². The number of aryl methyl sites for hydroxylation is 3. The van der Waals surface area contributed by atoms with Crippen LogP contribution in [0.4, 0.5) is 11.4 Å². The summed E-state index contributed by atoms with van der Waals surface area (Å²) >= 11 is 0. The van der Waals surface area contributed by atoms with Gasteiger partial charge in [0.15, 0.2) is 0 Å². The number of benzene rings is 1. The van der Waals surface area contributed by atoms with E-state index in [1.165, 1.54) is 16.8 Å². The fraction of sp³-hybridized carbons (Fsp3) is 0.312. The fourth-order valence-electron chi connectivity index (χ4n) is 2.48. The lowest BCUT2D eigenvalue weighted by molar-refractivity contribution is -0.386. The Morgan fingerprint density at radius 3 is 2.56 bits per heavy atom.